The largest absolute Gasteiger partial charge is 0.383 e. The summed E-state index contributed by atoms with van der Waals surface area (Å²) in [6, 6.07) is 4.43. The van der Waals surface area contributed by atoms with Gasteiger partial charge in [0, 0.05) is 32.7 Å². The van der Waals surface area contributed by atoms with Gasteiger partial charge in [-0.3, -0.25) is 10.1 Å². The normalized spacial score (nSPS) is 11.4. The Morgan fingerprint density at radius 1 is 1.30 bits per heavy atom. The Balaban J connectivity index is 3.41. The van der Waals surface area contributed by atoms with E-state index in [1.54, 1.807) is 13.8 Å². The maximum absolute atomic E-state index is 12.8. The Morgan fingerprint density at radius 3 is 2.43 bits per heavy atom. The summed E-state index contributed by atoms with van der Waals surface area (Å²) in [4.78, 5) is 10.2. The molecule has 0 spiro atoms. The van der Waals surface area contributed by atoms with Crippen molar-refractivity contribution >= 4 is 15.7 Å². The fraction of sp³-hybridized carbons (Fsp3) is 0.500. The van der Waals surface area contributed by atoms with Gasteiger partial charge in [-0.15, -0.1) is 0 Å². The lowest BCUT2D eigenvalue weighted by molar-refractivity contribution is -0.387. The van der Waals surface area contributed by atoms with Crippen LogP contribution in [0.5, 0.6) is 0 Å². The van der Waals surface area contributed by atoms with Gasteiger partial charge < -0.3 is 4.74 Å². The lowest BCUT2D eigenvalue weighted by Gasteiger charge is -2.21. The lowest BCUT2D eigenvalue weighted by atomic mass is 10.1. The Labute approximate surface area is 135 Å². The molecule has 8 nitrogen and oxygen atoms in total. The molecule has 1 aromatic rings. The summed E-state index contributed by atoms with van der Waals surface area (Å²) >= 11 is 0. The SMILES string of the molecule is COCCN(CCC#N)S(=O)(=O)c1cc(C)c(C)cc1[N+](=O)[O-]. The van der Waals surface area contributed by atoms with Gasteiger partial charge in [-0.2, -0.15) is 9.57 Å². The minimum atomic E-state index is -4.10. The van der Waals surface area contributed by atoms with Crippen LogP contribution in [0.2, 0.25) is 0 Å². The zero-order chi connectivity index (χ0) is 17.6. The molecule has 23 heavy (non-hydrogen) atoms. The number of nitriles is 1. The fourth-order valence-electron chi connectivity index (χ4n) is 1.98. The van der Waals surface area contributed by atoms with Gasteiger partial charge in [0.2, 0.25) is 10.0 Å². The van der Waals surface area contributed by atoms with Crippen LogP contribution >= 0.6 is 0 Å². The van der Waals surface area contributed by atoms with Crippen LogP contribution < -0.4 is 0 Å². The van der Waals surface area contributed by atoms with Gasteiger partial charge in [0.1, 0.15) is 0 Å². The van der Waals surface area contributed by atoms with Crippen LogP contribution in [0.3, 0.4) is 0 Å². The molecule has 0 amide bonds. The number of nitro groups is 1. The number of sulfonamides is 1. The van der Waals surface area contributed by atoms with Crippen LogP contribution in [-0.2, 0) is 14.8 Å². The first-order valence-electron chi connectivity index (χ1n) is 6.87. The van der Waals surface area contributed by atoms with Crippen LogP contribution in [0.4, 0.5) is 5.69 Å². The van der Waals surface area contributed by atoms with Crippen LogP contribution in [0, 0.1) is 35.3 Å². The first-order chi connectivity index (χ1) is 10.8. The van der Waals surface area contributed by atoms with Crippen molar-refractivity contribution in [3.63, 3.8) is 0 Å². The third-order valence-electron chi connectivity index (χ3n) is 3.41. The molecule has 0 saturated carbocycles. The van der Waals surface area contributed by atoms with Gasteiger partial charge in [-0.1, -0.05) is 0 Å². The molecule has 0 unspecified atom stereocenters. The van der Waals surface area contributed by atoms with Crippen LogP contribution in [0.25, 0.3) is 0 Å². The van der Waals surface area contributed by atoms with E-state index in [0.717, 1.165) is 4.31 Å². The summed E-state index contributed by atoms with van der Waals surface area (Å²) in [5, 5.41) is 19.9. The molecular formula is C14H19N3O5S. The van der Waals surface area contributed by atoms with Crippen molar-refractivity contribution in [3.8, 4) is 6.07 Å². The van der Waals surface area contributed by atoms with E-state index in [9.17, 15) is 18.5 Å². The molecule has 1 aromatic carbocycles. The molecule has 0 radical (unpaired) electrons. The highest BCUT2D eigenvalue weighted by Gasteiger charge is 2.32. The highest BCUT2D eigenvalue weighted by atomic mass is 32.2. The Kier molecular flexibility index (Phi) is 6.62. The number of ether oxygens (including phenoxy) is 1. The number of benzene rings is 1. The summed E-state index contributed by atoms with van der Waals surface area (Å²) in [6.07, 6.45) is -0.0123. The van der Waals surface area contributed by atoms with Crippen molar-refractivity contribution in [2.45, 2.75) is 25.2 Å². The molecule has 1 rings (SSSR count). The maximum atomic E-state index is 12.8. The molecule has 126 valence electrons. The van der Waals surface area contributed by atoms with E-state index in [2.05, 4.69) is 0 Å². The average Bonchev–Trinajstić information content (AvgIpc) is 2.49. The van der Waals surface area contributed by atoms with E-state index in [-0.39, 0.29) is 31.0 Å². The van der Waals surface area contributed by atoms with Crippen molar-refractivity contribution in [1.82, 2.24) is 4.31 Å². The molecule has 0 atom stereocenters. The van der Waals surface area contributed by atoms with Gasteiger partial charge in [-0.05, 0) is 31.0 Å². The van der Waals surface area contributed by atoms with E-state index in [1.807, 2.05) is 6.07 Å². The van der Waals surface area contributed by atoms with Crippen LogP contribution in [0.15, 0.2) is 17.0 Å². The molecule has 0 aliphatic heterocycles. The van der Waals surface area contributed by atoms with Crippen molar-refractivity contribution in [2.75, 3.05) is 26.8 Å². The topological polar surface area (TPSA) is 114 Å². The minimum absolute atomic E-state index is 0.0123. The predicted octanol–water partition coefficient (Wildman–Crippen LogP) is 1.76. The van der Waals surface area contributed by atoms with Crippen molar-refractivity contribution in [2.24, 2.45) is 0 Å². The second kappa shape index (κ2) is 8.01. The summed E-state index contributed by atoms with van der Waals surface area (Å²) in [5.74, 6) is 0. The second-order valence-corrected chi connectivity index (χ2v) is 6.87. The third kappa shape index (κ3) is 4.48. The molecular weight excluding hydrogens is 322 g/mol. The van der Waals surface area contributed by atoms with E-state index in [0.29, 0.717) is 11.1 Å². The van der Waals surface area contributed by atoms with E-state index < -0.39 is 20.6 Å². The Hall–Kier alpha value is -2.02. The summed E-state index contributed by atoms with van der Waals surface area (Å²) in [5.41, 5.74) is 0.810. The van der Waals surface area contributed by atoms with E-state index >= 15 is 0 Å². The smallest absolute Gasteiger partial charge is 0.289 e. The van der Waals surface area contributed by atoms with Gasteiger partial charge >= 0.3 is 0 Å². The van der Waals surface area contributed by atoms with Gasteiger partial charge in [0.05, 0.1) is 17.6 Å². The summed E-state index contributed by atoms with van der Waals surface area (Å²) < 4.78 is 31.5. The van der Waals surface area contributed by atoms with E-state index in [4.69, 9.17) is 10.00 Å². The standard InChI is InChI=1S/C14H19N3O5S/c1-11-9-13(17(18)19)14(10-12(11)2)23(20,21)16(6-4-5-15)7-8-22-3/h9-10H,4,6-8H2,1-3H3. The number of methoxy groups -OCH3 is 1. The summed E-state index contributed by atoms with van der Waals surface area (Å²) in [7, 11) is -2.68. The highest BCUT2D eigenvalue weighted by molar-refractivity contribution is 7.89. The zero-order valence-electron chi connectivity index (χ0n) is 13.3. The molecule has 9 heteroatoms. The average molecular weight is 341 g/mol. The molecule has 0 bridgehead atoms. The molecule has 0 N–H and O–H groups in total. The second-order valence-electron chi connectivity index (χ2n) is 4.97. The zero-order valence-corrected chi connectivity index (χ0v) is 14.1. The molecule has 0 saturated heterocycles. The highest BCUT2D eigenvalue weighted by Crippen LogP contribution is 2.29. The van der Waals surface area contributed by atoms with Gasteiger partial charge in [-0.25, -0.2) is 8.42 Å². The first kappa shape index (κ1) is 19.0. The van der Waals surface area contributed by atoms with E-state index in [1.165, 1.54) is 19.2 Å². The van der Waals surface area contributed by atoms with Crippen LogP contribution in [-0.4, -0.2) is 44.5 Å². The molecule has 0 fully saturated rings. The quantitative estimate of drug-likeness (QED) is 0.526. The fourth-order valence-corrected chi connectivity index (χ4v) is 3.63. The summed E-state index contributed by atoms with van der Waals surface area (Å²) in [6.45, 7) is 3.46. The third-order valence-corrected chi connectivity index (χ3v) is 5.34. The number of aryl methyl sites for hydroxylation is 2. The predicted molar refractivity (Wildman–Crippen MR) is 83.4 cm³/mol. The molecule has 0 aliphatic rings. The number of rotatable bonds is 8. The van der Waals surface area contributed by atoms with Gasteiger partial charge in [0.25, 0.3) is 5.69 Å². The monoisotopic (exact) mass is 341 g/mol. The van der Waals surface area contributed by atoms with Crippen molar-refractivity contribution in [3.05, 3.63) is 33.4 Å². The first-order valence-corrected chi connectivity index (χ1v) is 8.31. The number of hydrogen-bond donors (Lipinski definition) is 0. The lowest BCUT2D eigenvalue weighted by Crippen LogP contribution is -2.35. The minimum Gasteiger partial charge on any atom is -0.383 e. The number of nitro benzene ring substituents is 1. The molecule has 0 aromatic heterocycles. The number of nitrogens with zero attached hydrogens (tertiary/aromatic N) is 3. The van der Waals surface area contributed by atoms with Crippen LogP contribution in [0.1, 0.15) is 17.5 Å². The Morgan fingerprint density at radius 2 is 1.91 bits per heavy atom. The molecule has 0 heterocycles. The maximum Gasteiger partial charge on any atom is 0.289 e. The number of hydrogen-bond acceptors (Lipinski definition) is 6. The Bertz CT molecular complexity index is 725. The van der Waals surface area contributed by atoms with Crippen molar-refractivity contribution in [1.29, 1.82) is 5.26 Å². The molecule has 0 aliphatic carbocycles. The van der Waals surface area contributed by atoms with Gasteiger partial charge in [0.15, 0.2) is 4.90 Å². The van der Waals surface area contributed by atoms with Crippen molar-refractivity contribution < 1.29 is 18.1 Å².